The van der Waals surface area contributed by atoms with Crippen LogP contribution < -0.4 is 5.73 Å². The number of carbonyl (C=O) groups is 1. The van der Waals surface area contributed by atoms with Crippen molar-refractivity contribution in [3.05, 3.63) is 69.8 Å². The summed E-state index contributed by atoms with van der Waals surface area (Å²) in [6.45, 7) is 4.70. The molecule has 3 N–H and O–H groups in total. The zero-order valence-electron chi connectivity index (χ0n) is 19.4. The zero-order valence-corrected chi connectivity index (χ0v) is 20.2. The number of hydrogen-bond acceptors (Lipinski definition) is 6. The number of rotatable bonds is 8. The Hall–Kier alpha value is -3.14. The van der Waals surface area contributed by atoms with Crippen LogP contribution in [0, 0.1) is 10.1 Å². The van der Waals surface area contributed by atoms with Crippen molar-refractivity contribution in [2.24, 2.45) is 5.73 Å². The second-order valence-corrected chi connectivity index (χ2v) is 9.37. The van der Waals surface area contributed by atoms with Gasteiger partial charge in [-0.2, -0.15) is 0 Å². The molecule has 4 rings (SSSR count). The fraction of sp³-hybridized carbons (Fsp3) is 0.320. The third kappa shape index (κ3) is 5.01. The van der Waals surface area contributed by atoms with Crippen molar-refractivity contribution in [3.8, 4) is 22.5 Å². The quantitative estimate of drug-likeness (QED) is 0.288. The number of benzene rings is 2. The van der Waals surface area contributed by atoms with Gasteiger partial charge in [0.1, 0.15) is 0 Å². The maximum atomic E-state index is 12.7. The van der Waals surface area contributed by atoms with E-state index in [1.807, 2.05) is 30.5 Å². The van der Waals surface area contributed by atoms with Crippen molar-refractivity contribution in [2.45, 2.75) is 11.3 Å². The SMILES string of the molecule is CSc1ccc(-c2[nH]c(-c3ccccc3[N+](=O)[O-])c(C(N)=O)c2CCN2CCN(C)CC2)cc1. The van der Waals surface area contributed by atoms with Crippen molar-refractivity contribution in [2.75, 3.05) is 46.0 Å². The van der Waals surface area contributed by atoms with Crippen molar-refractivity contribution < 1.29 is 9.72 Å². The lowest BCUT2D eigenvalue weighted by molar-refractivity contribution is -0.384. The first-order valence-electron chi connectivity index (χ1n) is 11.2. The van der Waals surface area contributed by atoms with Crippen LogP contribution in [0.1, 0.15) is 15.9 Å². The minimum Gasteiger partial charge on any atom is -0.366 e. The van der Waals surface area contributed by atoms with Gasteiger partial charge in [-0.1, -0.05) is 24.3 Å². The molecule has 178 valence electrons. The topological polar surface area (TPSA) is 108 Å². The first-order valence-corrected chi connectivity index (χ1v) is 12.4. The average Bonchev–Trinajstić information content (AvgIpc) is 3.23. The molecule has 0 atom stereocenters. The van der Waals surface area contributed by atoms with Crippen LogP contribution in [0.5, 0.6) is 0 Å². The number of nitrogens with two attached hydrogens (primary N) is 1. The Balaban J connectivity index is 1.82. The highest BCUT2D eigenvalue weighted by molar-refractivity contribution is 7.98. The molecular formula is C25H29N5O3S. The maximum absolute atomic E-state index is 12.7. The van der Waals surface area contributed by atoms with Gasteiger partial charge < -0.3 is 20.5 Å². The van der Waals surface area contributed by atoms with Gasteiger partial charge in [-0.15, -0.1) is 11.8 Å². The highest BCUT2D eigenvalue weighted by Gasteiger charge is 2.27. The van der Waals surface area contributed by atoms with Gasteiger partial charge in [0.2, 0.25) is 0 Å². The predicted octanol–water partition coefficient (Wildman–Crippen LogP) is 3.87. The number of para-hydroxylation sites is 1. The van der Waals surface area contributed by atoms with Crippen LogP contribution in [0.25, 0.3) is 22.5 Å². The Bertz CT molecular complexity index is 1180. The van der Waals surface area contributed by atoms with E-state index in [0.29, 0.717) is 23.2 Å². The Morgan fingerprint density at radius 2 is 1.76 bits per heavy atom. The lowest BCUT2D eigenvalue weighted by Gasteiger charge is -2.32. The summed E-state index contributed by atoms with van der Waals surface area (Å²) in [5.74, 6) is -0.593. The van der Waals surface area contributed by atoms with E-state index < -0.39 is 10.8 Å². The molecule has 0 radical (unpaired) electrons. The molecule has 0 aliphatic carbocycles. The van der Waals surface area contributed by atoms with E-state index >= 15 is 0 Å². The average molecular weight is 480 g/mol. The van der Waals surface area contributed by atoms with Crippen LogP contribution in [-0.2, 0) is 6.42 Å². The molecule has 2 aromatic carbocycles. The van der Waals surface area contributed by atoms with Gasteiger partial charge in [0.05, 0.1) is 21.7 Å². The number of H-pyrrole nitrogens is 1. The summed E-state index contributed by atoms with van der Waals surface area (Å²) in [5.41, 5.74) is 9.40. The van der Waals surface area contributed by atoms with Gasteiger partial charge in [-0.25, -0.2) is 0 Å². The minimum absolute atomic E-state index is 0.0684. The van der Waals surface area contributed by atoms with Gasteiger partial charge in [0.15, 0.2) is 0 Å². The molecule has 34 heavy (non-hydrogen) atoms. The summed E-state index contributed by atoms with van der Waals surface area (Å²) in [6.07, 6.45) is 2.63. The largest absolute Gasteiger partial charge is 0.366 e. The highest BCUT2D eigenvalue weighted by Crippen LogP contribution is 2.38. The normalized spacial score (nSPS) is 14.9. The maximum Gasteiger partial charge on any atom is 0.278 e. The van der Waals surface area contributed by atoms with Crippen LogP contribution in [-0.4, -0.2) is 71.6 Å². The smallest absolute Gasteiger partial charge is 0.278 e. The predicted molar refractivity (Wildman–Crippen MR) is 136 cm³/mol. The van der Waals surface area contributed by atoms with E-state index in [4.69, 9.17) is 5.73 Å². The molecular weight excluding hydrogens is 450 g/mol. The van der Waals surface area contributed by atoms with Crippen LogP contribution in [0.3, 0.4) is 0 Å². The van der Waals surface area contributed by atoms with E-state index in [9.17, 15) is 14.9 Å². The molecule has 1 saturated heterocycles. The number of hydrogen-bond donors (Lipinski definition) is 2. The first-order chi connectivity index (χ1) is 16.4. The van der Waals surface area contributed by atoms with Crippen LogP contribution >= 0.6 is 11.8 Å². The molecule has 0 bridgehead atoms. The number of thioether (sulfide) groups is 1. The van der Waals surface area contributed by atoms with Crippen molar-refractivity contribution in [1.29, 1.82) is 0 Å². The lowest BCUT2D eigenvalue weighted by Crippen LogP contribution is -2.45. The minimum atomic E-state index is -0.593. The van der Waals surface area contributed by atoms with E-state index in [1.165, 1.54) is 6.07 Å². The number of primary amides is 1. The van der Waals surface area contributed by atoms with Gasteiger partial charge in [-0.3, -0.25) is 14.9 Å². The summed E-state index contributed by atoms with van der Waals surface area (Å²) in [5, 5.41) is 11.7. The monoisotopic (exact) mass is 479 g/mol. The molecule has 1 amide bonds. The van der Waals surface area contributed by atoms with E-state index in [1.54, 1.807) is 30.0 Å². The van der Waals surface area contributed by atoms with Crippen molar-refractivity contribution in [3.63, 3.8) is 0 Å². The van der Waals surface area contributed by atoms with Crippen LogP contribution in [0.15, 0.2) is 53.4 Å². The number of nitro groups is 1. The number of amides is 1. The summed E-state index contributed by atoms with van der Waals surface area (Å²) in [7, 11) is 2.12. The Labute approximate surface area is 203 Å². The number of nitrogens with one attached hydrogen (secondary N) is 1. The fourth-order valence-electron chi connectivity index (χ4n) is 4.45. The van der Waals surface area contributed by atoms with E-state index in [0.717, 1.165) is 54.4 Å². The molecule has 0 unspecified atom stereocenters. The van der Waals surface area contributed by atoms with Crippen LogP contribution in [0.2, 0.25) is 0 Å². The van der Waals surface area contributed by atoms with Gasteiger partial charge in [0, 0.05) is 49.4 Å². The Morgan fingerprint density at radius 3 is 2.38 bits per heavy atom. The van der Waals surface area contributed by atoms with Gasteiger partial charge in [-0.05, 0) is 49.1 Å². The van der Waals surface area contributed by atoms with Crippen molar-refractivity contribution in [1.82, 2.24) is 14.8 Å². The second kappa shape index (κ2) is 10.4. The van der Waals surface area contributed by atoms with Crippen LogP contribution in [0.4, 0.5) is 5.69 Å². The molecule has 9 heteroatoms. The Morgan fingerprint density at radius 1 is 1.09 bits per heavy atom. The number of nitrogens with zero attached hydrogens (tertiary/aromatic N) is 3. The van der Waals surface area contributed by atoms with Crippen molar-refractivity contribution >= 4 is 23.4 Å². The highest BCUT2D eigenvalue weighted by atomic mass is 32.2. The third-order valence-electron chi connectivity index (χ3n) is 6.37. The zero-order chi connectivity index (χ0) is 24.2. The first kappa shape index (κ1) is 24.0. The standard InChI is InChI=1S/C25H29N5O3S/c1-28-13-15-29(16-14-28)12-11-20-22(25(26)31)24(19-5-3-4-6-21(19)30(32)33)27-23(20)17-7-9-18(34-2)10-8-17/h3-10,27H,11-16H2,1-2H3,(H2,26,31). The molecule has 0 saturated carbocycles. The van der Waals surface area contributed by atoms with E-state index in [-0.39, 0.29) is 5.69 Å². The summed E-state index contributed by atoms with van der Waals surface area (Å²) >= 11 is 1.65. The number of likely N-dealkylation sites (N-methyl/N-ethyl adjacent to an activating group) is 1. The summed E-state index contributed by atoms with van der Waals surface area (Å²) in [4.78, 5) is 33.2. The molecule has 1 aromatic heterocycles. The number of aromatic nitrogens is 1. The molecule has 1 fully saturated rings. The molecule has 1 aliphatic rings. The molecule has 8 nitrogen and oxygen atoms in total. The second-order valence-electron chi connectivity index (χ2n) is 8.49. The Kier molecular flexibility index (Phi) is 7.35. The molecule has 3 aromatic rings. The van der Waals surface area contributed by atoms with Gasteiger partial charge in [0.25, 0.3) is 11.6 Å². The van der Waals surface area contributed by atoms with Gasteiger partial charge >= 0.3 is 0 Å². The number of piperazine rings is 1. The molecule has 1 aliphatic heterocycles. The molecule has 0 spiro atoms. The fourth-order valence-corrected chi connectivity index (χ4v) is 4.86. The number of carbonyl (C=O) groups excluding carboxylic acids is 1. The summed E-state index contributed by atoms with van der Waals surface area (Å²) < 4.78 is 0. The molecule has 2 heterocycles. The van der Waals surface area contributed by atoms with E-state index in [2.05, 4.69) is 21.8 Å². The lowest BCUT2D eigenvalue weighted by atomic mass is 9.97. The number of aromatic amines is 1. The summed E-state index contributed by atoms with van der Waals surface area (Å²) in [6, 6.07) is 14.5. The third-order valence-corrected chi connectivity index (χ3v) is 7.12. The number of nitro benzene ring substituents is 1.